The minimum absolute atomic E-state index is 0.154. The number of halogens is 1. The Morgan fingerprint density at radius 3 is 2.73 bits per heavy atom. The van der Waals surface area contributed by atoms with E-state index in [1.807, 2.05) is 0 Å². The van der Waals surface area contributed by atoms with E-state index in [0.717, 1.165) is 32.5 Å². The Balaban J connectivity index is 1.53. The van der Waals surface area contributed by atoms with Crippen LogP contribution in [0, 0.1) is 0 Å². The highest BCUT2D eigenvalue weighted by Crippen LogP contribution is 2.27. The van der Waals surface area contributed by atoms with Crippen LogP contribution in [0.5, 0.6) is 5.75 Å². The Morgan fingerprint density at radius 2 is 1.96 bits per heavy atom. The number of methoxy groups -OCH3 is 1. The summed E-state index contributed by atoms with van der Waals surface area (Å²) in [7, 11) is -2.13. The standard InChI is InChI=1S/C19H23BrN2O3S/c1-25-18-8-7-17(20)13-19(18)26(23,24)21-10-4-11-22-12-9-15-5-2-3-6-16(15)14-22/h2-3,5-8,13,21H,4,9-12,14H2,1H3. The van der Waals surface area contributed by atoms with Crippen molar-refractivity contribution in [3.63, 3.8) is 0 Å². The molecule has 0 spiro atoms. The van der Waals surface area contributed by atoms with E-state index >= 15 is 0 Å². The van der Waals surface area contributed by atoms with Gasteiger partial charge >= 0.3 is 0 Å². The van der Waals surface area contributed by atoms with E-state index in [4.69, 9.17) is 4.74 Å². The average molecular weight is 439 g/mol. The van der Waals surface area contributed by atoms with Crippen LogP contribution < -0.4 is 9.46 Å². The number of nitrogens with zero attached hydrogens (tertiary/aromatic N) is 1. The molecule has 1 heterocycles. The number of ether oxygens (including phenoxy) is 1. The second kappa shape index (κ2) is 8.52. The SMILES string of the molecule is COc1ccc(Br)cc1S(=O)(=O)NCCCN1CCc2ccccc2C1. The molecule has 0 unspecified atom stereocenters. The van der Waals surface area contributed by atoms with Gasteiger partial charge in [0.15, 0.2) is 0 Å². The van der Waals surface area contributed by atoms with Crippen molar-refractivity contribution < 1.29 is 13.2 Å². The molecular formula is C19H23BrN2O3S. The molecule has 1 N–H and O–H groups in total. The first-order valence-corrected chi connectivity index (χ1v) is 10.9. The smallest absolute Gasteiger partial charge is 0.244 e. The lowest BCUT2D eigenvalue weighted by Crippen LogP contribution is -2.33. The summed E-state index contributed by atoms with van der Waals surface area (Å²) in [6.45, 7) is 3.22. The largest absolute Gasteiger partial charge is 0.495 e. The molecular weight excluding hydrogens is 416 g/mol. The van der Waals surface area contributed by atoms with Gasteiger partial charge in [-0.1, -0.05) is 40.2 Å². The molecule has 1 aliphatic rings. The normalized spacial score (nSPS) is 14.8. The van der Waals surface area contributed by atoms with Crippen LogP contribution in [0.1, 0.15) is 17.5 Å². The Kier molecular flexibility index (Phi) is 6.34. The average Bonchev–Trinajstić information content (AvgIpc) is 2.65. The van der Waals surface area contributed by atoms with Crippen molar-refractivity contribution in [2.45, 2.75) is 24.3 Å². The molecule has 0 saturated heterocycles. The van der Waals surface area contributed by atoms with Crippen LogP contribution in [-0.4, -0.2) is 40.1 Å². The lowest BCUT2D eigenvalue weighted by atomic mass is 10.00. The van der Waals surface area contributed by atoms with Crippen molar-refractivity contribution >= 4 is 26.0 Å². The molecule has 26 heavy (non-hydrogen) atoms. The van der Waals surface area contributed by atoms with Crippen molar-refractivity contribution in [3.05, 3.63) is 58.1 Å². The molecule has 5 nitrogen and oxygen atoms in total. The summed E-state index contributed by atoms with van der Waals surface area (Å²) in [4.78, 5) is 2.53. The quantitative estimate of drug-likeness (QED) is 0.674. The Morgan fingerprint density at radius 1 is 1.19 bits per heavy atom. The van der Waals surface area contributed by atoms with E-state index in [1.54, 1.807) is 18.2 Å². The lowest BCUT2D eigenvalue weighted by Gasteiger charge is -2.28. The van der Waals surface area contributed by atoms with E-state index in [2.05, 4.69) is 49.8 Å². The molecule has 0 bridgehead atoms. The number of sulfonamides is 1. The van der Waals surface area contributed by atoms with Crippen molar-refractivity contribution in [1.29, 1.82) is 0 Å². The number of hydrogen-bond donors (Lipinski definition) is 1. The van der Waals surface area contributed by atoms with Gasteiger partial charge in [0.2, 0.25) is 10.0 Å². The number of fused-ring (bicyclic) bond motifs is 1. The predicted molar refractivity (Wildman–Crippen MR) is 106 cm³/mol. The fraction of sp³-hybridized carbons (Fsp3) is 0.368. The first kappa shape index (κ1) is 19.4. The molecule has 140 valence electrons. The summed E-state index contributed by atoms with van der Waals surface area (Å²) >= 11 is 3.31. The second-order valence-corrected chi connectivity index (χ2v) is 8.99. The van der Waals surface area contributed by atoms with Crippen LogP contribution in [0.15, 0.2) is 51.8 Å². The van der Waals surface area contributed by atoms with Crippen LogP contribution in [0.25, 0.3) is 0 Å². The first-order chi connectivity index (χ1) is 12.5. The Labute approximate surface area is 163 Å². The third kappa shape index (κ3) is 4.65. The molecule has 0 fully saturated rings. The van der Waals surface area contributed by atoms with Gasteiger partial charge in [0.1, 0.15) is 10.6 Å². The molecule has 7 heteroatoms. The number of benzene rings is 2. The zero-order chi connectivity index (χ0) is 18.6. The monoisotopic (exact) mass is 438 g/mol. The molecule has 0 saturated carbocycles. The Bertz CT molecular complexity index is 871. The zero-order valence-corrected chi connectivity index (χ0v) is 17.1. The highest BCUT2D eigenvalue weighted by atomic mass is 79.9. The van der Waals surface area contributed by atoms with Crippen molar-refractivity contribution in [1.82, 2.24) is 9.62 Å². The van der Waals surface area contributed by atoms with Crippen molar-refractivity contribution in [2.24, 2.45) is 0 Å². The summed E-state index contributed by atoms with van der Waals surface area (Å²) < 4.78 is 33.7. The van der Waals surface area contributed by atoms with Crippen molar-refractivity contribution in [3.8, 4) is 5.75 Å². The molecule has 0 amide bonds. The molecule has 0 atom stereocenters. The van der Waals surface area contributed by atoms with Gasteiger partial charge in [-0.05, 0) is 48.7 Å². The molecule has 0 radical (unpaired) electrons. The highest BCUT2D eigenvalue weighted by molar-refractivity contribution is 9.10. The van der Waals surface area contributed by atoms with Gasteiger partial charge in [-0.3, -0.25) is 4.90 Å². The van der Waals surface area contributed by atoms with Crippen LogP contribution in [-0.2, 0) is 23.0 Å². The van der Waals surface area contributed by atoms with Gasteiger partial charge in [0, 0.05) is 24.1 Å². The number of hydrogen-bond acceptors (Lipinski definition) is 4. The van der Waals surface area contributed by atoms with Gasteiger partial charge in [-0.2, -0.15) is 0 Å². The van der Waals surface area contributed by atoms with Crippen LogP contribution in [0.3, 0.4) is 0 Å². The molecule has 0 aromatic heterocycles. The third-order valence-corrected chi connectivity index (χ3v) is 6.54. The van der Waals surface area contributed by atoms with Gasteiger partial charge in [-0.25, -0.2) is 13.1 Å². The molecule has 2 aromatic carbocycles. The molecule has 1 aliphatic heterocycles. The zero-order valence-electron chi connectivity index (χ0n) is 14.7. The van der Waals surface area contributed by atoms with E-state index < -0.39 is 10.0 Å². The maximum Gasteiger partial charge on any atom is 0.244 e. The van der Waals surface area contributed by atoms with Gasteiger partial charge in [0.25, 0.3) is 0 Å². The first-order valence-electron chi connectivity index (χ1n) is 8.62. The van der Waals surface area contributed by atoms with Gasteiger partial charge < -0.3 is 4.74 Å². The predicted octanol–water partition coefficient (Wildman–Crippen LogP) is 3.18. The van der Waals surface area contributed by atoms with E-state index in [0.29, 0.717) is 16.8 Å². The van der Waals surface area contributed by atoms with Crippen molar-refractivity contribution in [2.75, 3.05) is 26.7 Å². The fourth-order valence-corrected chi connectivity index (χ4v) is 4.97. The highest BCUT2D eigenvalue weighted by Gasteiger charge is 2.20. The summed E-state index contributed by atoms with van der Waals surface area (Å²) in [6.07, 6.45) is 1.81. The minimum Gasteiger partial charge on any atom is -0.495 e. The summed E-state index contributed by atoms with van der Waals surface area (Å²) in [5.74, 6) is 0.341. The van der Waals surface area contributed by atoms with Crippen LogP contribution in [0.2, 0.25) is 0 Å². The van der Waals surface area contributed by atoms with E-state index in [-0.39, 0.29) is 4.90 Å². The maximum atomic E-state index is 12.6. The topological polar surface area (TPSA) is 58.6 Å². The van der Waals surface area contributed by atoms with Crippen LogP contribution >= 0.6 is 15.9 Å². The second-order valence-electron chi connectivity index (χ2n) is 6.34. The number of rotatable bonds is 7. The summed E-state index contributed by atoms with van der Waals surface area (Å²) in [5.41, 5.74) is 2.80. The van der Waals surface area contributed by atoms with E-state index in [1.165, 1.54) is 18.2 Å². The maximum absolute atomic E-state index is 12.6. The van der Waals surface area contributed by atoms with Crippen LogP contribution in [0.4, 0.5) is 0 Å². The number of nitrogens with one attached hydrogen (secondary N) is 1. The third-order valence-electron chi connectivity index (χ3n) is 4.57. The molecule has 0 aliphatic carbocycles. The fourth-order valence-electron chi connectivity index (χ4n) is 3.19. The summed E-state index contributed by atoms with van der Waals surface area (Å²) in [6, 6.07) is 13.5. The lowest BCUT2D eigenvalue weighted by molar-refractivity contribution is 0.251. The molecule has 2 aromatic rings. The molecule has 3 rings (SSSR count). The van der Waals surface area contributed by atoms with Gasteiger partial charge in [-0.15, -0.1) is 0 Å². The minimum atomic E-state index is -3.60. The van der Waals surface area contributed by atoms with E-state index in [9.17, 15) is 8.42 Å². The Hall–Kier alpha value is -1.41. The van der Waals surface area contributed by atoms with Gasteiger partial charge in [0.05, 0.1) is 7.11 Å². The summed E-state index contributed by atoms with van der Waals surface area (Å²) in [5, 5.41) is 0.